The molecule has 2 rings (SSSR count). The monoisotopic (exact) mass is 314 g/mol. The SMILES string of the molecule is COc1ccc(C(CN)Cc2cccc(N(C)C)c2)c(OC)c1. The number of benzene rings is 2. The summed E-state index contributed by atoms with van der Waals surface area (Å²) < 4.78 is 10.8. The highest BCUT2D eigenvalue weighted by atomic mass is 16.5. The maximum absolute atomic E-state index is 6.05. The Morgan fingerprint density at radius 1 is 1.04 bits per heavy atom. The average molecular weight is 314 g/mol. The van der Waals surface area contributed by atoms with Crippen LogP contribution >= 0.6 is 0 Å². The van der Waals surface area contributed by atoms with E-state index in [1.165, 1.54) is 11.3 Å². The van der Waals surface area contributed by atoms with Crippen molar-refractivity contribution < 1.29 is 9.47 Å². The van der Waals surface area contributed by atoms with Gasteiger partial charge in [-0.1, -0.05) is 18.2 Å². The third kappa shape index (κ3) is 4.17. The van der Waals surface area contributed by atoms with Crippen molar-refractivity contribution in [3.63, 3.8) is 0 Å². The summed E-state index contributed by atoms with van der Waals surface area (Å²) in [6, 6.07) is 14.5. The van der Waals surface area contributed by atoms with Gasteiger partial charge in [-0.25, -0.2) is 0 Å². The van der Waals surface area contributed by atoms with Crippen LogP contribution in [-0.2, 0) is 6.42 Å². The van der Waals surface area contributed by atoms with Crippen LogP contribution in [0.3, 0.4) is 0 Å². The summed E-state index contributed by atoms with van der Waals surface area (Å²) in [7, 11) is 7.43. The summed E-state index contributed by atoms with van der Waals surface area (Å²) in [4.78, 5) is 2.11. The molecule has 0 fully saturated rings. The molecule has 0 aliphatic rings. The van der Waals surface area contributed by atoms with Crippen LogP contribution < -0.4 is 20.1 Å². The Morgan fingerprint density at radius 2 is 1.83 bits per heavy atom. The second kappa shape index (κ2) is 7.88. The first-order valence-electron chi connectivity index (χ1n) is 7.77. The van der Waals surface area contributed by atoms with Gasteiger partial charge in [-0.15, -0.1) is 0 Å². The first kappa shape index (κ1) is 17.2. The van der Waals surface area contributed by atoms with E-state index < -0.39 is 0 Å². The lowest BCUT2D eigenvalue weighted by Crippen LogP contribution is -2.16. The Bertz CT molecular complexity index is 641. The molecule has 0 bridgehead atoms. The van der Waals surface area contributed by atoms with Crippen molar-refractivity contribution in [2.75, 3.05) is 39.8 Å². The fraction of sp³-hybridized carbons (Fsp3) is 0.368. The molecule has 0 saturated carbocycles. The number of ether oxygens (including phenoxy) is 2. The highest BCUT2D eigenvalue weighted by molar-refractivity contribution is 5.48. The van der Waals surface area contributed by atoms with Gasteiger partial charge in [-0.3, -0.25) is 0 Å². The van der Waals surface area contributed by atoms with Crippen LogP contribution in [-0.4, -0.2) is 34.9 Å². The van der Waals surface area contributed by atoms with Gasteiger partial charge in [0.25, 0.3) is 0 Å². The third-order valence-corrected chi connectivity index (χ3v) is 4.07. The normalized spacial score (nSPS) is 11.9. The molecule has 1 atom stereocenters. The molecule has 2 N–H and O–H groups in total. The van der Waals surface area contributed by atoms with E-state index >= 15 is 0 Å². The van der Waals surface area contributed by atoms with Crippen LogP contribution in [0, 0.1) is 0 Å². The molecule has 0 heterocycles. The Morgan fingerprint density at radius 3 is 2.43 bits per heavy atom. The Labute approximate surface area is 138 Å². The highest BCUT2D eigenvalue weighted by Crippen LogP contribution is 2.32. The van der Waals surface area contributed by atoms with Crippen LogP contribution in [0.25, 0.3) is 0 Å². The molecule has 0 aromatic heterocycles. The second-order valence-corrected chi connectivity index (χ2v) is 5.81. The minimum atomic E-state index is 0.202. The van der Waals surface area contributed by atoms with Gasteiger partial charge in [-0.2, -0.15) is 0 Å². The molecule has 2 aromatic carbocycles. The van der Waals surface area contributed by atoms with E-state index in [4.69, 9.17) is 15.2 Å². The van der Waals surface area contributed by atoms with Crippen LogP contribution in [0.4, 0.5) is 5.69 Å². The largest absolute Gasteiger partial charge is 0.497 e. The summed E-state index contributed by atoms with van der Waals surface area (Å²) in [5.74, 6) is 1.81. The van der Waals surface area contributed by atoms with E-state index in [-0.39, 0.29) is 5.92 Å². The van der Waals surface area contributed by atoms with Gasteiger partial charge >= 0.3 is 0 Å². The molecular weight excluding hydrogens is 288 g/mol. The highest BCUT2D eigenvalue weighted by Gasteiger charge is 2.16. The van der Waals surface area contributed by atoms with E-state index in [0.29, 0.717) is 6.54 Å². The van der Waals surface area contributed by atoms with E-state index in [0.717, 1.165) is 23.5 Å². The topological polar surface area (TPSA) is 47.7 Å². The Balaban J connectivity index is 2.28. The van der Waals surface area contributed by atoms with Gasteiger partial charge in [0, 0.05) is 31.8 Å². The Kier molecular flexibility index (Phi) is 5.88. The second-order valence-electron chi connectivity index (χ2n) is 5.81. The van der Waals surface area contributed by atoms with E-state index in [2.05, 4.69) is 29.2 Å². The molecule has 124 valence electrons. The van der Waals surface area contributed by atoms with Crippen LogP contribution in [0.15, 0.2) is 42.5 Å². The zero-order chi connectivity index (χ0) is 16.8. The lowest BCUT2D eigenvalue weighted by Gasteiger charge is -2.20. The molecule has 0 radical (unpaired) electrons. The number of anilines is 1. The van der Waals surface area contributed by atoms with Gasteiger partial charge in [0.2, 0.25) is 0 Å². The lowest BCUT2D eigenvalue weighted by molar-refractivity contribution is 0.388. The van der Waals surface area contributed by atoms with Crippen molar-refractivity contribution >= 4 is 5.69 Å². The number of nitrogens with zero attached hydrogens (tertiary/aromatic N) is 1. The third-order valence-electron chi connectivity index (χ3n) is 4.07. The standard InChI is InChI=1S/C19H26N2O2/c1-21(2)16-7-5-6-14(11-16)10-15(13-20)18-9-8-17(22-3)12-19(18)23-4/h5-9,11-12,15H,10,13,20H2,1-4H3. The smallest absolute Gasteiger partial charge is 0.126 e. The van der Waals surface area contributed by atoms with Gasteiger partial charge < -0.3 is 20.1 Å². The number of methoxy groups -OCH3 is 2. The molecule has 1 unspecified atom stereocenters. The van der Waals surface area contributed by atoms with Gasteiger partial charge in [0.15, 0.2) is 0 Å². The van der Waals surface area contributed by atoms with Crippen LogP contribution in [0.1, 0.15) is 17.0 Å². The molecule has 4 heteroatoms. The molecule has 4 nitrogen and oxygen atoms in total. The summed E-state index contributed by atoms with van der Waals surface area (Å²) in [5, 5.41) is 0. The number of nitrogens with two attached hydrogens (primary N) is 1. The molecule has 0 aliphatic carbocycles. The quantitative estimate of drug-likeness (QED) is 0.853. The van der Waals surface area contributed by atoms with E-state index in [1.807, 2.05) is 32.3 Å². The summed E-state index contributed by atoms with van der Waals surface area (Å²) >= 11 is 0. The van der Waals surface area contributed by atoms with E-state index in [1.54, 1.807) is 14.2 Å². The predicted octanol–water partition coefficient (Wildman–Crippen LogP) is 3.05. The number of hydrogen-bond acceptors (Lipinski definition) is 4. The molecule has 0 saturated heterocycles. The van der Waals surface area contributed by atoms with Gasteiger partial charge in [0.05, 0.1) is 14.2 Å². The van der Waals surface area contributed by atoms with Crippen LogP contribution in [0.5, 0.6) is 11.5 Å². The number of rotatable bonds is 7. The van der Waals surface area contributed by atoms with Crippen LogP contribution in [0.2, 0.25) is 0 Å². The first-order valence-corrected chi connectivity index (χ1v) is 7.77. The summed E-state index contributed by atoms with van der Waals surface area (Å²) in [5.41, 5.74) is 9.63. The fourth-order valence-corrected chi connectivity index (χ4v) is 2.72. The first-order chi connectivity index (χ1) is 11.1. The molecule has 2 aromatic rings. The predicted molar refractivity (Wildman–Crippen MR) is 95.8 cm³/mol. The van der Waals surface area contributed by atoms with Crippen molar-refractivity contribution in [1.82, 2.24) is 0 Å². The summed E-state index contributed by atoms with van der Waals surface area (Å²) in [6.07, 6.45) is 0.876. The molecule has 0 aliphatic heterocycles. The average Bonchev–Trinajstić information content (AvgIpc) is 2.59. The molecule has 0 amide bonds. The van der Waals surface area contributed by atoms with Crippen molar-refractivity contribution in [1.29, 1.82) is 0 Å². The van der Waals surface area contributed by atoms with Gasteiger partial charge in [0.1, 0.15) is 11.5 Å². The van der Waals surface area contributed by atoms with Gasteiger partial charge in [-0.05, 0) is 42.3 Å². The van der Waals surface area contributed by atoms with Crippen molar-refractivity contribution in [2.24, 2.45) is 5.73 Å². The number of hydrogen-bond donors (Lipinski definition) is 1. The summed E-state index contributed by atoms with van der Waals surface area (Å²) in [6.45, 7) is 0.564. The molecular formula is C19H26N2O2. The zero-order valence-electron chi connectivity index (χ0n) is 14.4. The minimum Gasteiger partial charge on any atom is -0.497 e. The van der Waals surface area contributed by atoms with Crippen molar-refractivity contribution in [3.8, 4) is 11.5 Å². The van der Waals surface area contributed by atoms with Crippen molar-refractivity contribution in [3.05, 3.63) is 53.6 Å². The molecule has 0 spiro atoms. The maximum Gasteiger partial charge on any atom is 0.126 e. The lowest BCUT2D eigenvalue weighted by atomic mass is 9.91. The zero-order valence-corrected chi connectivity index (χ0v) is 14.4. The minimum absolute atomic E-state index is 0.202. The maximum atomic E-state index is 6.05. The van der Waals surface area contributed by atoms with Crippen molar-refractivity contribution in [2.45, 2.75) is 12.3 Å². The van der Waals surface area contributed by atoms with E-state index in [9.17, 15) is 0 Å². The molecule has 23 heavy (non-hydrogen) atoms. The Hall–Kier alpha value is -2.20. The fourth-order valence-electron chi connectivity index (χ4n) is 2.72.